The summed E-state index contributed by atoms with van der Waals surface area (Å²) in [5.74, 6) is -1.57. The third-order valence-electron chi connectivity index (χ3n) is 2.13. The van der Waals surface area contributed by atoms with Crippen LogP contribution in [0.1, 0.15) is 21.0 Å². The van der Waals surface area contributed by atoms with Gasteiger partial charge in [-0.25, -0.2) is 9.78 Å². The number of aromatic carboxylic acids is 1. The van der Waals surface area contributed by atoms with Gasteiger partial charge in [0.05, 0.1) is 5.02 Å². The maximum atomic E-state index is 11.7. The van der Waals surface area contributed by atoms with Crippen molar-refractivity contribution in [3.63, 3.8) is 0 Å². The molecule has 0 saturated heterocycles. The molecule has 0 aliphatic heterocycles. The summed E-state index contributed by atoms with van der Waals surface area (Å²) in [6.07, 6.45) is 2.78. The second-order valence-electron chi connectivity index (χ2n) is 3.42. The van der Waals surface area contributed by atoms with Gasteiger partial charge in [-0.3, -0.25) is 4.79 Å². The van der Waals surface area contributed by atoms with Crippen molar-refractivity contribution in [1.82, 2.24) is 9.97 Å². The minimum absolute atomic E-state index is 0.141. The lowest BCUT2D eigenvalue weighted by atomic mass is 10.3. The Morgan fingerprint density at radius 2 is 2.17 bits per heavy atom. The number of halogens is 1. The average Bonchev–Trinajstić information content (AvgIpc) is 2.76. The molecule has 0 aliphatic rings. The van der Waals surface area contributed by atoms with Gasteiger partial charge in [0, 0.05) is 18.1 Å². The number of carboxylic acid groups (broad SMARTS) is 1. The molecule has 0 fully saturated rings. The van der Waals surface area contributed by atoms with E-state index in [1.165, 1.54) is 30.6 Å². The molecule has 3 N–H and O–H groups in total. The smallest absolute Gasteiger partial charge is 0.354 e. The average molecular weight is 266 g/mol. The van der Waals surface area contributed by atoms with E-state index in [1.54, 1.807) is 0 Å². The lowest BCUT2D eigenvalue weighted by Gasteiger charge is -2.03. The number of aromatic amines is 1. The van der Waals surface area contributed by atoms with Crippen LogP contribution in [0.4, 0.5) is 5.69 Å². The van der Waals surface area contributed by atoms with E-state index in [0.29, 0.717) is 10.7 Å². The normalized spacial score (nSPS) is 10.1. The number of nitrogens with one attached hydrogen (secondary N) is 2. The minimum atomic E-state index is -1.16. The molecule has 6 nitrogen and oxygen atoms in total. The van der Waals surface area contributed by atoms with Crippen LogP contribution in [0.2, 0.25) is 5.02 Å². The summed E-state index contributed by atoms with van der Waals surface area (Å²) in [5.41, 5.74) is 0.490. The van der Waals surface area contributed by atoms with Crippen molar-refractivity contribution < 1.29 is 14.7 Å². The zero-order valence-corrected chi connectivity index (χ0v) is 9.73. The number of hydrogen-bond donors (Lipinski definition) is 3. The van der Waals surface area contributed by atoms with E-state index in [1.807, 2.05) is 0 Å². The fraction of sp³-hybridized carbons (Fsp3) is 0. The Kier molecular flexibility index (Phi) is 3.29. The molecule has 2 aromatic heterocycles. The summed E-state index contributed by atoms with van der Waals surface area (Å²) in [5, 5.41) is 11.7. The first-order chi connectivity index (χ1) is 8.56. The van der Waals surface area contributed by atoms with Crippen molar-refractivity contribution in [1.29, 1.82) is 0 Å². The number of carboxylic acids is 1. The van der Waals surface area contributed by atoms with E-state index in [2.05, 4.69) is 15.3 Å². The van der Waals surface area contributed by atoms with E-state index in [0.717, 1.165) is 0 Å². The number of anilines is 1. The molecule has 7 heteroatoms. The number of hydrogen-bond acceptors (Lipinski definition) is 3. The van der Waals surface area contributed by atoms with Crippen LogP contribution in [-0.2, 0) is 0 Å². The summed E-state index contributed by atoms with van der Waals surface area (Å²) in [6.45, 7) is 0. The van der Waals surface area contributed by atoms with Crippen molar-refractivity contribution in [2.24, 2.45) is 0 Å². The molecule has 0 bridgehead atoms. The molecule has 2 rings (SSSR count). The van der Waals surface area contributed by atoms with Gasteiger partial charge in [0.2, 0.25) is 0 Å². The van der Waals surface area contributed by atoms with Gasteiger partial charge in [-0.05, 0) is 18.2 Å². The largest absolute Gasteiger partial charge is 0.477 e. The molecule has 0 saturated carbocycles. The van der Waals surface area contributed by atoms with Crippen LogP contribution in [0.5, 0.6) is 0 Å². The number of carbonyl (C=O) groups excluding carboxylic acids is 1. The second kappa shape index (κ2) is 4.89. The Morgan fingerprint density at radius 3 is 2.78 bits per heavy atom. The van der Waals surface area contributed by atoms with Gasteiger partial charge in [0.25, 0.3) is 5.91 Å². The molecule has 0 aliphatic carbocycles. The topological polar surface area (TPSA) is 95.1 Å². The minimum Gasteiger partial charge on any atom is -0.477 e. The summed E-state index contributed by atoms with van der Waals surface area (Å²) in [7, 11) is 0. The van der Waals surface area contributed by atoms with Crippen LogP contribution < -0.4 is 5.32 Å². The van der Waals surface area contributed by atoms with E-state index in [4.69, 9.17) is 16.7 Å². The second-order valence-corrected chi connectivity index (χ2v) is 3.86. The zero-order valence-electron chi connectivity index (χ0n) is 8.98. The van der Waals surface area contributed by atoms with Gasteiger partial charge in [0.15, 0.2) is 0 Å². The van der Waals surface area contributed by atoms with Crippen LogP contribution in [-0.4, -0.2) is 27.0 Å². The van der Waals surface area contributed by atoms with Crippen LogP contribution in [0.15, 0.2) is 30.6 Å². The summed E-state index contributed by atoms with van der Waals surface area (Å²) in [4.78, 5) is 28.8. The first-order valence-electron chi connectivity index (χ1n) is 4.91. The van der Waals surface area contributed by atoms with Crippen molar-refractivity contribution >= 4 is 29.2 Å². The van der Waals surface area contributed by atoms with Gasteiger partial charge in [0.1, 0.15) is 11.4 Å². The van der Waals surface area contributed by atoms with Gasteiger partial charge in [-0.1, -0.05) is 11.6 Å². The van der Waals surface area contributed by atoms with Crippen LogP contribution in [0, 0.1) is 0 Å². The van der Waals surface area contributed by atoms with E-state index < -0.39 is 11.9 Å². The summed E-state index contributed by atoms with van der Waals surface area (Å²) < 4.78 is 0. The molecule has 0 aromatic carbocycles. The van der Waals surface area contributed by atoms with Crippen LogP contribution in [0.3, 0.4) is 0 Å². The Balaban J connectivity index is 2.16. The molecule has 2 aromatic rings. The first-order valence-corrected chi connectivity index (χ1v) is 5.28. The number of aromatic nitrogens is 2. The molecule has 18 heavy (non-hydrogen) atoms. The molecular weight excluding hydrogens is 258 g/mol. The SMILES string of the molecule is O=C(O)c1cc(NC(=O)c2cc(Cl)c[nH]2)ccn1. The highest BCUT2D eigenvalue weighted by Crippen LogP contribution is 2.13. The standard InChI is InChI=1S/C11H8ClN3O3/c12-6-3-8(14-5-6)10(16)15-7-1-2-13-9(4-7)11(17)18/h1-5,14H,(H,17,18)(H,13,15,16). The predicted octanol–water partition coefficient (Wildman–Crippen LogP) is 2.01. The zero-order chi connectivity index (χ0) is 13.1. The molecule has 1 amide bonds. The van der Waals surface area contributed by atoms with Crippen LogP contribution >= 0.6 is 11.6 Å². The molecule has 0 spiro atoms. The maximum Gasteiger partial charge on any atom is 0.354 e. The number of nitrogens with zero attached hydrogens (tertiary/aromatic N) is 1. The molecule has 0 radical (unpaired) electrons. The number of rotatable bonds is 3. The highest BCUT2D eigenvalue weighted by molar-refractivity contribution is 6.31. The molecule has 92 valence electrons. The Hall–Kier alpha value is -2.34. The predicted molar refractivity (Wildman–Crippen MR) is 65.0 cm³/mol. The molecule has 2 heterocycles. The van der Waals surface area contributed by atoms with E-state index >= 15 is 0 Å². The highest BCUT2D eigenvalue weighted by Gasteiger charge is 2.10. The van der Waals surface area contributed by atoms with E-state index in [9.17, 15) is 9.59 Å². The Labute approximate surface area is 107 Å². The molecule has 0 unspecified atom stereocenters. The highest BCUT2D eigenvalue weighted by atomic mass is 35.5. The monoisotopic (exact) mass is 265 g/mol. The van der Waals surface area contributed by atoms with Gasteiger partial charge in [-0.15, -0.1) is 0 Å². The number of amides is 1. The number of pyridine rings is 1. The quantitative estimate of drug-likeness (QED) is 0.791. The third-order valence-corrected chi connectivity index (χ3v) is 2.35. The summed E-state index contributed by atoms with van der Waals surface area (Å²) in [6, 6.07) is 4.23. The first kappa shape index (κ1) is 12.1. The van der Waals surface area contributed by atoms with Crippen molar-refractivity contribution in [2.75, 3.05) is 5.32 Å². The summed E-state index contributed by atoms with van der Waals surface area (Å²) >= 11 is 5.68. The van der Waals surface area contributed by atoms with E-state index in [-0.39, 0.29) is 11.4 Å². The van der Waals surface area contributed by atoms with Gasteiger partial charge < -0.3 is 15.4 Å². The lowest BCUT2D eigenvalue weighted by Crippen LogP contribution is -2.13. The maximum absolute atomic E-state index is 11.7. The van der Waals surface area contributed by atoms with Crippen molar-refractivity contribution in [2.45, 2.75) is 0 Å². The number of H-pyrrole nitrogens is 1. The van der Waals surface area contributed by atoms with Gasteiger partial charge in [-0.2, -0.15) is 0 Å². The molecule has 0 atom stereocenters. The number of carbonyl (C=O) groups is 2. The fourth-order valence-electron chi connectivity index (χ4n) is 1.32. The van der Waals surface area contributed by atoms with Gasteiger partial charge >= 0.3 is 5.97 Å². The van der Waals surface area contributed by atoms with Crippen LogP contribution in [0.25, 0.3) is 0 Å². The van der Waals surface area contributed by atoms with Crippen molar-refractivity contribution in [3.05, 3.63) is 47.0 Å². The Morgan fingerprint density at radius 1 is 1.39 bits per heavy atom. The Bertz CT molecular complexity index is 609. The molecular formula is C11H8ClN3O3. The lowest BCUT2D eigenvalue weighted by molar-refractivity contribution is 0.0690. The fourth-order valence-corrected chi connectivity index (χ4v) is 1.49. The van der Waals surface area contributed by atoms with Crippen molar-refractivity contribution in [3.8, 4) is 0 Å². The third kappa shape index (κ3) is 2.67.